The number of hydrogen-bond acceptors (Lipinski definition) is 6. The molecule has 1 unspecified atom stereocenters. The molecule has 3 heterocycles. The average Bonchev–Trinajstić information content (AvgIpc) is 3.26. The number of nitrogens with zero attached hydrogens (tertiary/aromatic N) is 4. The van der Waals surface area contributed by atoms with Gasteiger partial charge in [0, 0.05) is 56.0 Å². The second-order valence-electron chi connectivity index (χ2n) is 9.60. The summed E-state index contributed by atoms with van der Waals surface area (Å²) in [6.45, 7) is 3.83. The fourth-order valence-corrected chi connectivity index (χ4v) is 5.29. The van der Waals surface area contributed by atoms with Crippen LogP contribution in [0.3, 0.4) is 0 Å². The first-order valence-electron chi connectivity index (χ1n) is 12.6. The number of hydrogen-bond donors (Lipinski definition) is 1. The monoisotopic (exact) mass is 490 g/mol. The highest BCUT2D eigenvalue weighted by Gasteiger charge is 2.32. The lowest BCUT2D eigenvalue weighted by Gasteiger charge is -2.31. The van der Waals surface area contributed by atoms with Crippen molar-refractivity contribution in [2.75, 3.05) is 33.9 Å². The van der Waals surface area contributed by atoms with Crippen molar-refractivity contribution in [2.24, 2.45) is 0 Å². The van der Waals surface area contributed by atoms with Gasteiger partial charge in [-0.2, -0.15) is 5.10 Å². The lowest BCUT2D eigenvalue weighted by molar-refractivity contribution is 0.0466. The number of methoxy groups -OCH3 is 2. The van der Waals surface area contributed by atoms with Crippen molar-refractivity contribution >= 4 is 5.91 Å². The van der Waals surface area contributed by atoms with Crippen molar-refractivity contribution in [3.05, 3.63) is 76.6 Å². The maximum atomic E-state index is 13.6. The predicted molar refractivity (Wildman–Crippen MR) is 136 cm³/mol. The van der Waals surface area contributed by atoms with Gasteiger partial charge in [0.25, 0.3) is 5.91 Å². The molecule has 1 amide bonds. The molecule has 190 valence electrons. The maximum absolute atomic E-state index is 13.6. The summed E-state index contributed by atoms with van der Waals surface area (Å²) in [5.74, 6) is 1.58. The molecule has 3 aromatic rings. The molecule has 36 heavy (non-hydrogen) atoms. The van der Waals surface area contributed by atoms with E-state index in [1.807, 2.05) is 41.1 Å². The molecule has 0 radical (unpaired) electrons. The number of benzene rings is 2. The molecule has 2 aliphatic rings. The van der Waals surface area contributed by atoms with E-state index in [2.05, 4.69) is 17.0 Å². The number of aliphatic hydroxyl groups is 1. The molecule has 2 aliphatic heterocycles. The van der Waals surface area contributed by atoms with Crippen molar-refractivity contribution in [3.63, 3.8) is 0 Å². The van der Waals surface area contributed by atoms with Crippen LogP contribution in [-0.2, 0) is 26.1 Å². The summed E-state index contributed by atoms with van der Waals surface area (Å²) in [4.78, 5) is 17.7. The maximum Gasteiger partial charge on any atom is 0.274 e. The number of piperidine rings is 1. The van der Waals surface area contributed by atoms with Gasteiger partial charge in [-0.3, -0.25) is 14.4 Å². The molecular formula is C28H34N4O4. The van der Waals surface area contributed by atoms with E-state index in [1.54, 1.807) is 19.1 Å². The van der Waals surface area contributed by atoms with E-state index >= 15 is 0 Å². The lowest BCUT2D eigenvalue weighted by Crippen LogP contribution is -2.43. The first kappa shape index (κ1) is 24.3. The molecule has 8 heteroatoms. The number of carbonyl (C=O) groups excluding carboxylic acids is 1. The van der Waals surface area contributed by atoms with Crippen molar-refractivity contribution in [1.29, 1.82) is 0 Å². The van der Waals surface area contributed by atoms with E-state index in [0.29, 0.717) is 31.9 Å². The van der Waals surface area contributed by atoms with Crippen LogP contribution in [0.15, 0.2) is 48.5 Å². The molecule has 0 saturated carbocycles. The SMILES string of the molecule is COc1cccc(Cn2nc(C(=O)N3CCCC(O)C3)c3c2CCN(Cc2ccccc2OC)C3)c1. The Labute approximate surface area is 212 Å². The Morgan fingerprint density at radius 2 is 1.94 bits per heavy atom. The zero-order valence-corrected chi connectivity index (χ0v) is 21.0. The van der Waals surface area contributed by atoms with Gasteiger partial charge in [0.1, 0.15) is 11.5 Å². The van der Waals surface area contributed by atoms with E-state index in [9.17, 15) is 9.90 Å². The second kappa shape index (κ2) is 10.7. The Hall–Kier alpha value is -3.36. The van der Waals surface area contributed by atoms with Crippen LogP contribution >= 0.6 is 0 Å². The first-order valence-corrected chi connectivity index (χ1v) is 12.6. The van der Waals surface area contributed by atoms with Gasteiger partial charge >= 0.3 is 0 Å². The van der Waals surface area contributed by atoms with Crippen molar-refractivity contribution < 1.29 is 19.4 Å². The van der Waals surface area contributed by atoms with Crippen LogP contribution in [0.25, 0.3) is 0 Å². The highest BCUT2D eigenvalue weighted by atomic mass is 16.5. The molecular weight excluding hydrogens is 456 g/mol. The van der Waals surface area contributed by atoms with Crippen LogP contribution in [-0.4, -0.2) is 70.6 Å². The molecule has 0 aliphatic carbocycles. The number of aliphatic hydroxyl groups excluding tert-OH is 1. The van der Waals surface area contributed by atoms with Gasteiger partial charge in [-0.05, 0) is 36.6 Å². The molecule has 0 spiro atoms. The number of likely N-dealkylation sites (tertiary alicyclic amines) is 1. The van der Waals surface area contributed by atoms with E-state index < -0.39 is 6.10 Å². The third-order valence-electron chi connectivity index (χ3n) is 7.15. The lowest BCUT2D eigenvalue weighted by atomic mass is 10.0. The largest absolute Gasteiger partial charge is 0.497 e. The smallest absolute Gasteiger partial charge is 0.274 e. The normalized spacial score (nSPS) is 18.1. The number of amides is 1. The Morgan fingerprint density at radius 3 is 2.75 bits per heavy atom. The van der Waals surface area contributed by atoms with Crippen LogP contribution in [0.2, 0.25) is 0 Å². The van der Waals surface area contributed by atoms with Gasteiger partial charge in [-0.1, -0.05) is 30.3 Å². The minimum atomic E-state index is -0.473. The number of ether oxygens (including phenoxy) is 2. The molecule has 1 atom stereocenters. The molecule has 1 aromatic heterocycles. The Kier molecular flexibility index (Phi) is 7.25. The minimum absolute atomic E-state index is 0.0893. The van der Waals surface area contributed by atoms with Crippen molar-refractivity contribution in [3.8, 4) is 11.5 Å². The zero-order chi connectivity index (χ0) is 25.1. The van der Waals surface area contributed by atoms with Crippen LogP contribution in [0, 0.1) is 0 Å². The summed E-state index contributed by atoms with van der Waals surface area (Å²) in [6.07, 6.45) is 1.87. The highest BCUT2D eigenvalue weighted by molar-refractivity contribution is 5.94. The molecule has 1 fully saturated rings. The van der Waals surface area contributed by atoms with Gasteiger partial charge in [-0.25, -0.2) is 0 Å². The summed E-state index contributed by atoms with van der Waals surface area (Å²) >= 11 is 0. The van der Waals surface area contributed by atoms with Crippen LogP contribution < -0.4 is 9.47 Å². The summed E-state index contributed by atoms with van der Waals surface area (Å²) in [6, 6.07) is 16.0. The van der Waals surface area contributed by atoms with E-state index in [1.165, 1.54) is 0 Å². The Morgan fingerprint density at radius 1 is 1.08 bits per heavy atom. The number of fused-ring (bicyclic) bond motifs is 1. The van der Waals surface area contributed by atoms with E-state index in [4.69, 9.17) is 14.6 Å². The fourth-order valence-electron chi connectivity index (χ4n) is 5.29. The molecule has 5 rings (SSSR count). The number of β-amino-alcohol motifs (C(OH)–C–C–N with tert-alkyl or cyclic N) is 1. The standard InChI is InChI=1S/C28H34N4O4/c1-35-23-10-5-7-20(15-23)16-32-25-12-14-30(17-21-8-3-4-11-26(21)36-2)19-24(25)27(29-32)28(34)31-13-6-9-22(33)18-31/h3-5,7-8,10-11,15,22,33H,6,9,12-14,16-19H2,1-2H3. The fraction of sp³-hybridized carbons (Fsp3) is 0.429. The topological polar surface area (TPSA) is 80.1 Å². The molecule has 1 saturated heterocycles. The molecule has 1 N–H and O–H groups in total. The Balaban J connectivity index is 1.45. The third kappa shape index (κ3) is 5.10. The van der Waals surface area contributed by atoms with E-state index in [0.717, 1.165) is 66.2 Å². The van der Waals surface area contributed by atoms with Crippen molar-refractivity contribution in [2.45, 2.75) is 45.0 Å². The third-order valence-corrected chi connectivity index (χ3v) is 7.15. The van der Waals surface area contributed by atoms with E-state index in [-0.39, 0.29) is 5.91 Å². The number of carbonyl (C=O) groups is 1. The molecule has 0 bridgehead atoms. The zero-order valence-electron chi connectivity index (χ0n) is 21.0. The average molecular weight is 491 g/mol. The Bertz CT molecular complexity index is 1220. The number of aromatic nitrogens is 2. The number of rotatable bonds is 7. The summed E-state index contributed by atoms with van der Waals surface area (Å²) in [7, 11) is 3.36. The summed E-state index contributed by atoms with van der Waals surface area (Å²) in [5, 5.41) is 15.0. The van der Waals surface area contributed by atoms with Crippen LogP contribution in [0.4, 0.5) is 0 Å². The molecule has 8 nitrogen and oxygen atoms in total. The molecule has 2 aromatic carbocycles. The first-order chi connectivity index (χ1) is 17.6. The van der Waals surface area contributed by atoms with Gasteiger partial charge in [-0.15, -0.1) is 0 Å². The highest BCUT2D eigenvalue weighted by Crippen LogP contribution is 2.28. The van der Waals surface area contributed by atoms with Crippen LogP contribution in [0.5, 0.6) is 11.5 Å². The van der Waals surface area contributed by atoms with Crippen LogP contribution in [0.1, 0.15) is 45.7 Å². The minimum Gasteiger partial charge on any atom is -0.497 e. The van der Waals surface area contributed by atoms with Gasteiger partial charge < -0.3 is 19.5 Å². The summed E-state index contributed by atoms with van der Waals surface area (Å²) in [5.41, 5.74) is 4.80. The van der Waals surface area contributed by atoms with Gasteiger partial charge in [0.2, 0.25) is 0 Å². The summed E-state index contributed by atoms with van der Waals surface area (Å²) < 4.78 is 12.9. The quantitative estimate of drug-likeness (QED) is 0.548. The second-order valence-corrected chi connectivity index (χ2v) is 9.60. The number of para-hydroxylation sites is 1. The predicted octanol–water partition coefficient (Wildman–Crippen LogP) is 3.10. The van der Waals surface area contributed by atoms with Gasteiger partial charge in [0.05, 0.1) is 26.9 Å². The van der Waals surface area contributed by atoms with Gasteiger partial charge in [0.15, 0.2) is 5.69 Å². The van der Waals surface area contributed by atoms with Crippen molar-refractivity contribution in [1.82, 2.24) is 19.6 Å².